The molecule has 0 fully saturated rings. The molecule has 29 heavy (non-hydrogen) atoms. The Hall–Kier alpha value is -2.56. The maximum absolute atomic E-state index is 12.9. The number of nitrogens with one attached hydrogen (secondary N) is 3. The zero-order chi connectivity index (χ0) is 20.9. The first-order valence-corrected chi connectivity index (χ1v) is 11.7. The third-order valence-corrected chi connectivity index (χ3v) is 6.37. The summed E-state index contributed by atoms with van der Waals surface area (Å²) in [5.74, 6) is 0.590. The molecule has 154 valence electrons. The van der Waals surface area contributed by atoms with Gasteiger partial charge in [0.15, 0.2) is 0 Å². The molecule has 0 saturated heterocycles. The largest absolute Gasteiger partial charge is 0.495 e. The third-order valence-electron chi connectivity index (χ3n) is 4.21. The van der Waals surface area contributed by atoms with Crippen molar-refractivity contribution in [3.05, 3.63) is 48.5 Å². The number of hydrogen-bond acceptors (Lipinski definition) is 6. The van der Waals surface area contributed by atoms with Crippen LogP contribution in [0.5, 0.6) is 5.75 Å². The molecule has 0 aliphatic heterocycles. The highest BCUT2D eigenvalue weighted by Crippen LogP contribution is 2.23. The van der Waals surface area contributed by atoms with E-state index in [2.05, 4.69) is 20.0 Å². The number of methoxy groups -OCH3 is 1. The Morgan fingerprint density at radius 3 is 2.66 bits per heavy atom. The van der Waals surface area contributed by atoms with Crippen molar-refractivity contribution in [2.75, 3.05) is 24.4 Å². The van der Waals surface area contributed by atoms with Gasteiger partial charge in [-0.05, 0) is 42.7 Å². The summed E-state index contributed by atoms with van der Waals surface area (Å²) in [5, 5.41) is 2.67. The van der Waals surface area contributed by atoms with Crippen LogP contribution in [0, 0.1) is 0 Å². The molecule has 0 bridgehead atoms. The molecule has 1 heterocycles. The molecule has 3 rings (SSSR count). The predicted octanol–water partition coefficient (Wildman–Crippen LogP) is 2.61. The van der Waals surface area contributed by atoms with Crippen LogP contribution in [-0.2, 0) is 14.8 Å². The van der Waals surface area contributed by atoms with Gasteiger partial charge in [0.1, 0.15) is 16.7 Å². The fourth-order valence-corrected chi connectivity index (χ4v) is 4.66. The minimum absolute atomic E-state index is 0.0202. The van der Waals surface area contributed by atoms with E-state index >= 15 is 0 Å². The highest BCUT2D eigenvalue weighted by atomic mass is 32.2. The SMILES string of the molecule is COc1ccccc1S(=O)(=O)N[C@@H](CCSC)C(=O)Nc1nc2ccccc2[nH]1. The Morgan fingerprint density at radius 2 is 1.93 bits per heavy atom. The van der Waals surface area contributed by atoms with Crippen molar-refractivity contribution in [2.24, 2.45) is 0 Å². The van der Waals surface area contributed by atoms with Crippen LogP contribution in [0.2, 0.25) is 0 Å². The summed E-state index contributed by atoms with van der Waals surface area (Å²) in [6.45, 7) is 0. The first-order chi connectivity index (χ1) is 13.9. The van der Waals surface area contributed by atoms with E-state index in [1.54, 1.807) is 18.2 Å². The van der Waals surface area contributed by atoms with Gasteiger partial charge in [0.2, 0.25) is 21.9 Å². The van der Waals surface area contributed by atoms with Crippen molar-refractivity contribution in [1.29, 1.82) is 0 Å². The maximum Gasteiger partial charge on any atom is 0.244 e. The number of aromatic amines is 1. The number of para-hydroxylation sites is 3. The lowest BCUT2D eigenvalue weighted by Crippen LogP contribution is -2.44. The number of H-pyrrole nitrogens is 1. The Bertz CT molecular complexity index is 1070. The van der Waals surface area contributed by atoms with Crippen molar-refractivity contribution in [1.82, 2.24) is 14.7 Å². The topological polar surface area (TPSA) is 113 Å². The van der Waals surface area contributed by atoms with E-state index in [1.165, 1.54) is 24.9 Å². The second kappa shape index (κ2) is 9.29. The summed E-state index contributed by atoms with van der Waals surface area (Å²) in [6, 6.07) is 12.7. The third kappa shape index (κ3) is 5.08. The fourth-order valence-electron chi connectivity index (χ4n) is 2.79. The Morgan fingerprint density at radius 1 is 1.21 bits per heavy atom. The van der Waals surface area contributed by atoms with E-state index in [1.807, 2.05) is 30.5 Å². The van der Waals surface area contributed by atoms with Gasteiger partial charge in [-0.25, -0.2) is 13.4 Å². The molecule has 1 aromatic heterocycles. The van der Waals surface area contributed by atoms with Gasteiger partial charge in [0.25, 0.3) is 0 Å². The Labute approximate surface area is 173 Å². The smallest absolute Gasteiger partial charge is 0.244 e. The minimum atomic E-state index is -3.97. The molecule has 0 aliphatic carbocycles. The Balaban J connectivity index is 1.81. The van der Waals surface area contributed by atoms with E-state index in [9.17, 15) is 13.2 Å². The van der Waals surface area contributed by atoms with Gasteiger partial charge in [-0.1, -0.05) is 24.3 Å². The van der Waals surface area contributed by atoms with Crippen LogP contribution in [0.3, 0.4) is 0 Å². The molecule has 1 amide bonds. The van der Waals surface area contributed by atoms with Crippen molar-refractivity contribution < 1.29 is 17.9 Å². The summed E-state index contributed by atoms with van der Waals surface area (Å²) < 4.78 is 33.4. The maximum atomic E-state index is 12.9. The number of ether oxygens (including phenoxy) is 1. The quantitative estimate of drug-likeness (QED) is 0.477. The van der Waals surface area contributed by atoms with Crippen molar-refractivity contribution in [3.63, 3.8) is 0 Å². The van der Waals surface area contributed by atoms with Gasteiger partial charge in [0.05, 0.1) is 18.1 Å². The number of sulfonamides is 1. The van der Waals surface area contributed by atoms with Crippen LogP contribution in [0.15, 0.2) is 53.4 Å². The second-order valence-electron chi connectivity index (χ2n) is 6.20. The minimum Gasteiger partial charge on any atom is -0.495 e. The molecule has 10 heteroatoms. The monoisotopic (exact) mass is 434 g/mol. The van der Waals surface area contributed by atoms with E-state index in [4.69, 9.17) is 4.74 Å². The Kier molecular flexibility index (Phi) is 6.78. The van der Waals surface area contributed by atoms with Crippen LogP contribution < -0.4 is 14.8 Å². The van der Waals surface area contributed by atoms with Crippen molar-refractivity contribution in [3.8, 4) is 5.75 Å². The first kappa shape index (κ1) is 21.2. The normalized spacial score (nSPS) is 12.6. The number of carbonyl (C=O) groups excluding carboxylic acids is 1. The van der Waals surface area contributed by atoms with E-state index in [0.29, 0.717) is 17.7 Å². The zero-order valence-electron chi connectivity index (χ0n) is 16.0. The number of aromatic nitrogens is 2. The number of thioether (sulfide) groups is 1. The molecule has 2 aromatic carbocycles. The molecule has 0 unspecified atom stereocenters. The lowest BCUT2D eigenvalue weighted by atomic mass is 10.2. The average molecular weight is 435 g/mol. The number of nitrogens with zero attached hydrogens (tertiary/aromatic N) is 1. The molecule has 3 aromatic rings. The molecule has 3 N–H and O–H groups in total. The summed E-state index contributed by atoms with van der Waals surface area (Å²) in [6.07, 6.45) is 2.21. The van der Waals surface area contributed by atoms with E-state index < -0.39 is 22.0 Å². The standard InChI is InChI=1S/C19H22N4O4S2/c1-27-16-9-5-6-10-17(16)29(25,26)23-15(11-12-28-2)18(24)22-19-20-13-7-3-4-8-14(13)21-19/h3-10,15,23H,11-12H2,1-2H3,(H2,20,21,22,24)/t15-/m0/s1. The number of fused-ring (bicyclic) bond motifs is 1. The van der Waals surface area contributed by atoms with Gasteiger partial charge in [-0.3, -0.25) is 10.1 Å². The van der Waals surface area contributed by atoms with Crippen LogP contribution in [0.4, 0.5) is 5.95 Å². The summed E-state index contributed by atoms with van der Waals surface area (Å²) in [5.41, 5.74) is 1.48. The average Bonchev–Trinajstić information content (AvgIpc) is 3.13. The predicted molar refractivity (Wildman–Crippen MR) is 115 cm³/mol. The van der Waals surface area contributed by atoms with Crippen LogP contribution in [0.1, 0.15) is 6.42 Å². The number of imidazole rings is 1. The van der Waals surface area contributed by atoms with Gasteiger partial charge >= 0.3 is 0 Å². The molecule has 1 atom stereocenters. The molecular formula is C19H22N4O4S2. The number of benzene rings is 2. The van der Waals surface area contributed by atoms with Crippen molar-refractivity contribution >= 4 is 44.7 Å². The second-order valence-corrected chi connectivity index (χ2v) is 8.87. The van der Waals surface area contributed by atoms with Crippen LogP contribution in [-0.4, -0.2) is 49.5 Å². The van der Waals surface area contributed by atoms with Gasteiger partial charge in [0, 0.05) is 0 Å². The molecular weight excluding hydrogens is 412 g/mol. The van der Waals surface area contributed by atoms with Gasteiger partial charge in [-0.15, -0.1) is 0 Å². The highest BCUT2D eigenvalue weighted by Gasteiger charge is 2.28. The lowest BCUT2D eigenvalue weighted by Gasteiger charge is -2.18. The molecule has 8 nitrogen and oxygen atoms in total. The fraction of sp³-hybridized carbons (Fsp3) is 0.263. The molecule has 0 radical (unpaired) electrons. The highest BCUT2D eigenvalue weighted by molar-refractivity contribution is 7.98. The first-order valence-electron chi connectivity index (χ1n) is 8.84. The van der Waals surface area contributed by atoms with Gasteiger partial charge < -0.3 is 9.72 Å². The van der Waals surface area contributed by atoms with Crippen molar-refractivity contribution in [2.45, 2.75) is 17.4 Å². The van der Waals surface area contributed by atoms with Crippen LogP contribution >= 0.6 is 11.8 Å². The molecule has 0 aliphatic rings. The summed E-state index contributed by atoms with van der Waals surface area (Å²) in [4.78, 5) is 20.1. The number of rotatable bonds is 9. The number of hydrogen-bond donors (Lipinski definition) is 3. The number of carbonyl (C=O) groups is 1. The summed E-state index contributed by atoms with van der Waals surface area (Å²) in [7, 11) is -2.57. The van der Waals surface area contributed by atoms with Crippen LogP contribution in [0.25, 0.3) is 11.0 Å². The lowest BCUT2D eigenvalue weighted by molar-refractivity contribution is -0.117. The summed E-state index contributed by atoms with van der Waals surface area (Å²) >= 11 is 1.52. The zero-order valence-corrected chi connectivity index (χ0v) is 17.6. The number of amides is 1. The molecule has 0 saturated carbocycles. The van der Waals surface area contributed by atoms with E-state index in [0.717, 1.165) is 5.52 Å². The van der Waals surface area contributed by atoms with Gasteiger partial charge in [-0.2, -0.15) is 16.5 Å². The van der Waals surface area contributed by atoms with E-state index in [-0.39, 0.29) is 16.6 Å². The number of anilines is 1. The molecule has 0 spiro atoms.